The van der Waals surface area contributed by atoms with Gasteiger partial charge in [-0.3, -0.25) is 0 Å². The average Bonchev–Trinajstić information content (AvgIpc) is 2.43. The Kier molecular flexibility index (Phi) is 2.40. The zero-order chi connectivity index (χ0) is 12.5. The second kappa shape index (κ2) is 4.06. The highest BCUT2D eigenvalue weighted by molar-refractivity contribution is 6.12. The first kappa shape index (κ1) is 10.6. The fourth-order valence-corrected chi connectivity index (χ4v) is 2.48. The van der Waals surface area contributed by atoms with E-state index in [1.165, 1.54) is 5.56 Å². The molecule has 0 aliphatic carbocycles. The van der Waals surface area contributed by atoms with Gasteiger partial charge in [0.25, 0.3) is 0 Å². The van der Waals surface area contributed by atoms with Crippen LogP contribution in [0.2, 0.25) is 0 Å². The van der Waals surface area contributed by atoms with Crippen LogP contribution in [0.1, 0.15) is 5.56 Å². The summed E-state index contributed by atoms with van der Waals surface area (Å²) in [6.07, 6.45) is 0. The lowest BCUT2D eigenvalue weighted by molar-refractivity contribution is 1.51. The van der Waals surface area contributed by atoms with Crippen LogP contribution in [-0.2, 0) is 0 Å². The van der Waals surface area contributed by atoms with E-state index < -0.39 is 0 Å². The minimum absolute atomic E-state index is 0.717. The Morgan fingerprint density at radius 3 is 1.72 bits per heavy atom. The largest absolute Gasteiger partial charge is 0.0616 e. The number of hydrogen-bond donors (Lipinski definition) is 0. The van der Waals surface area contributed by atoms with Crippen molar-refractivity contribution < 1.29 is 0 Å². The molecule has 0 fully saturated rings. The zero-order valence-electron chi connectivity index (χ0n) is 9.96. The van der Waals surface area contributed by atoms with Crippen molar-refractivity contribution in [2.75, 3.05) is 0 Å². The first-order chi connectivity index (χ1) is 8.83. The van der Waals surface area contributed by atoms with Crippen molar-refractivity contribution >= 4 is 27.2 Å². The number of aryl methyl sites for hydroxylation is 1. The van der Waals surface area contributed by atoms with Crippen LogP contribution in [0.3, 0.4) is 0 Å². The van der Waals surface area contributed by atoms with Crippen LogP contribution in [0, 0.1) is 6.92 Å². The smallest absolute Gasteiger partial charge is 0.0532 e. The molecule has 0 unspecified atom stereocenters. The highest BCUT2D eigenvalue weighted by atomic mass is 15.1. The first-order valence-corrected chi connectivity index (χ1v) is 5.78. The predicted octanol–water partition coefficient (Wildman–Crippen LogP) is 5.24. The van der Waals surface area contributed by atoms with Crippen LogP contribution in [0.15, 0.2) is 53.6 Å². The number of azide groups is 1. The lowest BCUT2D eigenvalue weighted by Gasteiger charge is -2.10. The van der Waals surface area contributed by atoms with E-state index in [-0.39, 0.29) is 0 Å². The van der Waals surface area contributed by atoms with Gasteiger partial charge in [-0.2, -0.15) is 0 Å². The summed E-state index contributed by atoms with van der Waals surface area (Å²) in [5.74, 6) is 0. The molecule has 0 aromatic heterocycles. The van der Waals surface area contributed by atoms with Crippen molar-refractivity contribution in [1.82, 2.24) is 0 Å². The highest BCUT2D eigenvalue weighted by Gasteiger charge is 2.08. The van der Waals surface area contributed by atoms with Gasteiger partial charge in [-0.15, -0.1) is 0 Å². The van der Waals surface area contributed by atoms with Gasteiger partial charge in [0.2, 0.25) is 0 Å². The molecule has 3 aromatic rings. The van der Waals surface area contributed by atoms with Crippen molar-refractivity contribution in [3.63, 3.8) is 0 Å². The Labute approximate surface area is 104 Å². The third-order valence-corrected chi connectivity index (χ3v) is 3.32. The molecule has 86 valence electrons. The fraction of sp³-hybridized carbons (Fsp3) is 0.0667. The van der Waals surface area contributed by atoms with Crippen LogP contribution < -0.4 is 0 Å². The molecular weight excluding hydrogens is 222 g/mol. The molecule has 0 saturated heterocycles. The van der Waals surface area contributed by atoms with Crippen LogP contribution in [0.5, 0.6) is 0 Å². The van der Waals surface area contributed by atoms with E-state index in [1.54, 1.807) is 0 Å². The summed E-state index contributed by atoms with van der Waals surface area (Å²) in [4.78, 5) is 2.96. The van der Waals surface area contributed by atoms with Gasteiger partial charge >= 0.3 is 0 Å². The molecule has 3 nitrogen and oxygen atoms in total. The van der Waals surface area contributed by atoms with Gasteiger partial charge in [-0.05, 0) is 39.6 Å². The minimum atomic E-state index is 0.717. The van der Waals surface area contributed by atoms with Crippen LogP contribution >= 0.6 is 0 Å². The third-order valence-electron chi connectivity index (χ3n) is 3.32. The average molecular weight is 233 g/mol. The second-order valence-electron chi connectivity index (χ2n) is 4.25. The monoisotopic (exact) mass is 233 g/mol. The number of fused-ring (bicyclic) bond motifs is 2. The summed E-state index contributed by atoms with van der Waals surface area (Å²) >= 11 is 0. The molecule has 0 atom stereocenters. The summed E-state index contributed by atoms with van der Waals surface area (Å²) < 4.78 is 0. The van der Waals surface area contributed by atoms with Gasteiger partial charge in [-0.25, -0.2) is 0 Å². The predicted molar refractivity (Wildman–Crippen MR) is 75.0 cm³/mol. The maximum absolute atomic E-state index is 8.77. The topological polar surface area (TPSA) is 48.8 Å². The van der Waals surface area contributed by atoms with E-state index >= 15 is 0 Å². The molecule has 0 saturated carbocycles. The van der Waals surface area contributed by atoms with Crippen molar-refractivity contribution in [3.8, 4) is 0 Å². The van der Waals surface area contributed by atoms with E-state index in [4.69, 9.17) is 5.53 Å². The van der Waals surface area contributed by atoms with Gasteiger partial charge in [0.05, 0.1) is 5.69 Å². The number of benzene rings is 3. The molecule has 0 amide bonds. The van der Waals surface area contributed by atoms with Crippen LogP contribution in [0.25, 0.3) is 32.0 Å². The minimum Gasteiger partial charge on any atom is -0.0616 e. The van der Waals surface area contributed by atoms with Crippen molar-refractivity contribution in [2.45, 2.75) is 6.92 Å². The van der Waals surface area contributed by atoms with E-state index in [0.717, 1.165) is 21.5 Å². The standard InChI is InChI=1S/C15H11N3/c1-10-11-6-2-4-8-13(11)15(17-18-16)14-9-5-3-7-12(10)14/h2-9H,1H3. The Hall–Kier alpha value is -2.51. The molecule has 18 heavy (non-hydrogen) atoms. The van der Waals surface area contributed by atoms with Gasteiger partial charge in [-0.1, -0.05) is 53.6 Å². The molecule has 0 N–H and O–H groups in total. The van der Waals surface area contributed by atoms with Gasteiger partial charge in [0, 0.05) is 4.91 Å². The molecule has 3 aromatic carbocycles. The molecule has 0 spiro atoms. The third kappa shape index (κ3) is 1.42. The first-order valence-electron chi connectivity index (χ1n) is 5.78. The Morgan fingerprint density at radius 2 is 1.28 bits per heavy atom. The van der Waals surface area contributed by atoms with E-state index in [2.05, 4.69) is 29.1 Å². The molecular formula is C15H11N3. The molecule has 0 aliphatic rings. The molecule has 0 radical (unpaired) electrons. The normalized spacial score (nSPS) is 10.5. The van der Waals surface area contributed by atoms with Gasteiger partial charge < -0.3 is 0 Å². The highest BCUT2D eigenvalue weighted by Crippen LogP contribution is 2.37. The molecule has 3 heteroatoms. The number of nitrogens with zero attached hydrogens (tertiary/aromatic N) is 3. The van der Waals surface area contributed by atoms with Gasteiger partial charge in [0.15, 0.2) is 0 Å². The van der Waals surface area contributed by atoms with Gasteiger partial charge in [0.1, 0.15) is 0 Å². The zero-order valence-corrected chi connectivity index (χ0v) is 9.96. The molecule has 0 heterocycles. The summed E-state index contributed by atoms with van der Waals surface area (Å²) in [6.45, 7) is 2.10. The van der Waals surface area contributed by atoms with Crippen LogP contribution in [-0.4, -0.2) is 0 Å². The Balaban J connectivity index is 2.67. The Bertz CT molecular complexity index is 742. The Morgan fingerprint density at radius 1 is 0.833 bits per heavy atom. The van der Waals surface area contributed by atoms with E-state index in [9.17, 15) is 0 Å². The quantitative estimate of drug-likeness (QED) is 0.239. The SMILES string of the molecule is Cc1c2ccccc2c(N=[N+]=[N-])c2ccccc12. The van der Waals surface area contributed by atoms with Crippen molar-refractivity contribution in [1.29, 1.82) is 0 Å². The fourth-order valence-electron chi connectivity index (χ4n) is 2.48. The maximum atomic E-state index is 8.77. The molecule has 0 aliphatic heterocycles. The summed E-state index contributed by atoms with van der Waals surface area (Å²) in [5.41, 5.74) is 10.7. The van der Waals surface area contributed by atoms with Crippen LogP contribution in [0.4, 0.5) is 5.69 Å². The molecule has 0 bridgehead atoms. The summed E-state index contributed by atoms with van der Waals surface area (Å²) in [6, 6.07) is 16.1. The summed E-state index contributed by atoms with van der Waals surface area (Å²) in [5, 5.41) is 8.17. The van der Waals surface area contributed by atoms with E-state index in [1.807, 2.05) is 36.4 Å². The number of rotatable bonds is 1. The lowest BCUT2D eigenvalue weighted by Crippen LogP contribution is -1.83. The van der Waals surface area contributed by atoms with E-state index in [0.29, 0.717) is 5.69 Å². The molecule has 3 rings (SSSR count). The van der Waals surface area contributed by atoms with Crippen molar-refractivity contribution in [2.24, 2.45) is 5.11 Å². The second-order valence-corrected chi connectivity index (χ2v) is 4.25. The maximum Gasteiger partial charge on any atom is 0.0532 e. The lowest BCUT2D eigenvalue weighted by atomic mass is 9.96. The number of hydrogen-bond acceptors (Lipinski definition) is 1. The summed E-state index contributed by atoms with van der Waals surface area (Å²) in [7, 11) is 0. The van der Waals surface area contributed by atoms with Crippen molar-refractivity contribution in [3.05, 3.63) is 64.5 Å².